The smallest absolute Gasteiger partial charge is 0.267 e. The highest BCUT2D eigenvalue weighted by Crippen LogP contribution is 2.35. The number of amides is 2. The van der Waals surface area contributed by atoms with Crippen LogP contribution in [0.3, 0.4) is 0 Å². The molecule has 5 nitrogen and oxygen atoms in total. The van der Waals surface area contributed by atoms with Crippen molar-refractivity contribution in [2.24, 2.45) is 0 Å². The zero-order valence-electron chi connectivity index (χ0n) is 15.5. The molecule has 0 radical (unpaired) electrons. The molecule has 2 aliphatic rings. The lowest BCUT2D eigenvalue weighted by Gasteiger charge is -2.33. The molecule has 0 bridgehead atoms. The van der Waals surface area contributed by atoms with Crippen molar-refractivity contribution in [3.05, 3.63) is 60.2 Å². The summed E-state index contributed by atoms with van der Waals surface area (Å²) in [7, 11) is 0. The lowest BCUT2D eigenvalue weighted by molar-refractivity contribution is -0.132. The summed E-state index contributed by atoms with van der Waals surface area (Å²) in [6, 6.07) is 17.8. The first-order valence-electron chi connectivity index (χ1n) is 9.56. The van der Waals surface area contributed by atoms with Crippen LogP contribution in [-0.2, 0) is 9.59 Å². The van der Waals surface area contributed by atoms with Crippen molar-refractivity contribution in [2.75, 3.05) is 18.0 Å². The lowest BCUT2D eigenvalue weighted by atomic mass is 10.0. The Balaban J connectivity index is 1.47. The molecule has 0 aromatic heterocycles. The molecule has 2 atom stereocenters. The van der Waals surface area contributed by atoms with Gasteiger partial charge in [0, 0.05) is 19.5 Å². The first-order valence-corrected chi connectivity index (χ1v) is 9.56. The molecule has 2 unspecified atom stereocenters. The fourth-order valence-electron chi connectivity index (χ4n) is 4.03. The molecule has 0 saturated carbocycles. The SMILES string of the molecule is CC1Oc2ccccc2N(CCC(=O)N2CCCC2c2ccccc2)C1=O. The van der Waals surface area contributed by atoms with Crippen LogP contribution in [0.15, 0.2) is 54.6 Å². The summed E-state index contributed by atoms with van der Waals surface area (Å²) in [5.74, 6) is 0.702. The number of benzene rings is 2. The van der Waals surface area contributed by atoms with Crippen LogP contribution in [-0.4, -0.2) is 35.9 Å². The van der Waals surface area contributed by atoms with Crippen LogP contribution in [0.1, 0.15) is 37.8 Å². The second-order valence-electron chi connectivity index (χ2n) is 7.12. The van der Waals surface area contributed by atoms with Crippen LogP contribution in [0.25, 0.3) is 0 Å². The minimum absolute atomic E-state index is 0.0949. The van der Waals surface area contributed by atoms with Gasteiger partial charge in [-0.2, -0.15) is 0 Å². The minimum atomic E-state index is -0.529. The number of nitrogens with zero attached hydrogens (tertiary/aromatic N) is 2. The maximum atomic E-state index is 12.9. The molecule has 140 valence electrons. The Hall–Kier alpha value is -2.82. The highest BCUT2D eigenvalue weighted by Gasteiger charge is 2.33. The lowest BCUT2D eigenvalue weighted by Crippen LogP contribution is -2.46. The van der Waals surface area contributed by atoms with Crippen molar-refractivity contribution in [1.29, 1.82) is 0 Å². The zero-order chi connectivity index (χ0) is 18.8. The predicted octanol–water partition coefficient (Wildman–Crippen LogP) is 3.55. The summed E-state index contributed by atoms with van der Waals surface area (Å²) in [4.78, 5) is 29.2. The molecule has 0 aliphatic carbocycles. The molecule has 0 spiro atoms. The number of fused-ring (bicyclic) bond motifs is 1. The summed E-state index contributed by atoms with van der Waals surface area (Å²) in [5, 5.41) is 0. The van der Waals surface area contributed by atoms with E-state index in [2.05, 4.69) is 12.1 Å². The van der Waals surface area contributed by atoms with Gasteiger partial charge in [-0.05, 0) is 37.5 Å². The Morgan fingerprint density at radius 1 is 1.11 bits per heavy atom. The summed E-state index contributed by atoms with van der Waals surface area (Å²) < 4.78 is 5.67. The highest BCUT2D eigenvalue weighted by molar-refractivity contribution is 6.00. The molecule has 27 heavy (non-hydrogen) atoms. The average Bonchev–Trinajstić information content (AvgIpc) is 3.19. The topological polar surface area (TPSA) is 49.9 Å². The first-order chi connectivity index (χ1) is 13.1. The first kappa shape index (κ1) is 17.6. The molecule has 0 N–H and O–H groups in total. The van der Waals surface area contributed by atoms with E-state index in [1.54, 1.807) is 11.8 Å². The number of para-hydroxylation sites is 2. The van der Waals surface area contributed by atoms with Gasteiger partial charge in [0.2, 0.25) is 5.91 Å². The predicted molar refractivity (Wildman–Crippen MR) is 104 cm³/mol. The van der Waals surface area contributed by atoms with E-state index in [9.17, 15) is 9.59 Å². The van der Waals surface area contributed by atoms with Crippen molar-refractivity contribution >= 4 is 17.5 Å². The van der Waals surface area contributed by atoms with Gasteiger partial charge in [-0.3, -0.25) is 9.59 Å². The largest absolute Gasteiger partial charge is 0.479 e. The number of rotatable bonds is 4. The molecule has 1 fully saturated rings. The fraction of sp³-hybridized carbons (Fsp3) is 0.364. The summed E-state index contributed by atoms with van der Waals surface area (Å²) >= 11 is 0. The van der Waals surface area contributed by atoms with Crippen molar-refractivity contribution < 1.29 is 14.3 Å². The van der Waals surface area contributed by atoms with Gasteiger partial charge in [-0.15, -0.1) is 0 Å². The molecule has 2 amide bonds. The molecular weight excluding hydrogens is 340 g/mol. The molecular formula is C22H24N2O3. The number of hydrogen-bond donors (Lipinski definition) is 0. The van der Waals surface area contributed by atoms with E-state index in [-0.39, 0.29) is 17.9 Å². The third kappa shape index (κ3) is 3.42. The van der Waals surface area contributed by atoms with E-state index >= 15 is 0 Å². The van der Waals surface area contributed by atoms with Crippen molar-refractivity contribution in [3.63, 3.8) is 0 Å². The Morgan fingerprint density at radius 2 is 1.85 bits per heavy atom. The van der Waals surface area contributed by atoms with Crippen LogP contribution in [0.2, 0.25) is 0 Å². The molecule has 2 aliphatic heterocycles. The van der Waals surface area contributed by atoms with E-state index in [1.165, 1.54) is 5.56 Å². The molecule has 2 heterocycles. The van der Waals surface area contributed by atoms with Gasteiger partial charge >= 0.3 is 0 Å². The quantitative estimate of drug-likeness (QED) is 0.834. The number of likely N-dealkylation sites (tertiary alicyclic amines) is 1. The number of hydrogen-bond acceptors (Lipinski definition) is 3. The minimum Gasteiger partial charge on any atom is -0.479 e. The Bertz CT molecular complexity index is 836. The standard InChI is InChI=1S/C22H24N2O3/c1-16-22(26)24(19-10-5-6-12-20(19)27-16)15-13-21(25)23-14-7-11-18(23)17-8-3-2-4-9-17/h2-6,8-10,12,16,18H,7,11,13-15H2,1H3. The number of ether oxygens (including phenoxy) is 1. The maximum Gasteiger partial charge on any atom is 0.267 e. The van der Waals surface area contributed by atoms with Gasteiger partial charge in [-0.1, -0.05) is 42.5 Å². The van der Waals surface area contributed by atoms with Gasteiger partial charge in [-0.25, -0.2) is 0 Å². The second-order valence-corrected chi connectivity index (χ2v) is 7.12. The zero-order valence-corrected chi connectivity index (χ0v) is 15.5. The van der Waals surface area contributed by atoms with Crippen molar-refractivity contribution in [1.82, 2.24) is 4.90 Å². The van der Waals surface area contributed by atoms with Crippen LogP contribution in [0.5, 0.6) is 5.75 Å². The highest BCUT2D eigenvalue weighted by atomic mass is 16.5. The van der Waals surface area contributed by atoms with E-state index in [0.717, 1.165) is 25.1 Å². The Labute approximate surface area is 159 Å². The summed E-state index contributed by atoms with van der Waals surface area (Å²) in [5.41, 5.74) is 1.93. The Morgan fingerprint density at radius 3 is 2.67 bits per heavy atom. The van der Waals surface area contributed by atoms with E-state index in [4.69, 9.17) is 4.74 Å². The Kier molecular flexibility index (Phi) is 4.84. The van der Waals surface area contributed by atoms with Crippen LogP contribution >= 0.6 is 0 Å². The molecule has 1 saturated heterocycles. The van der Waals surface area contributed by atoms with E-state index < -0.39 is 6.10 Å². The molecule has 5 heteroatoms. The van der Waals surface area contributed by atoms with Gasteiger partial charge < -0.3 is 14.5 Å². The van der Waals surface area contributed by atoms with Crippen LogP contribution in [0.4, 0.5) is 5.69 Å². The van der Waals surface area contributed by atoms with E-state index in [0.29, 0.717) is 18.7 Å². The third-order valence-electron chi connectivity index (χ3n) is 5.38. The van der Waals surface area contributed by atoms with Gasteiger partial charge in [0.05, 0.1) is 11.7 Å². The van der Waals surface area contributed by atoms with Gasteiger partial charge in [0.1, 0.15) is 5.75 Å². The summed E-state index contributed by atoms with van der Waals surface area (Å²) in [6.07, 6.45) is 1.79. The average molecular weight is 364 g/mol. The van der Waals surface area contributed by atoms with E-state index in [1.807, 2.05) is 47.4 Å². The van der Waals surface area contributed by atoms with Crippen molar-refractivity contribution in [3.8, 4) is 5.75 Å². The monoisotopic (exact) mass is 364 g/mol. The molecule has 2 aromatic carbocycles. The molecule has 4 rings (SSSR count). The van der Waals surface area contributed by atoms with Gasteiger partial charge in [0.15, 0.2) is 6.10 Å². The number of anilines is 1. The van der Waals surface area contributed by atoms with Crippen molar-refractivity contribution in [2.45, 2.75) is 38.3 Å². The van der Waals surface area contributed by atoms with Crippen LogP contribution in [0, 0.1) is 0 Å². The summed E-state index contributed by atoms with van der Waals surface area (Å²) in [6.45, 7) is 2.90. The normalized spacial score (nSPS) is 21.7. The molecule has 2 aromatic rings. The number of carbonyl (C=O) groups is 2. The fourth-order valence-corrected chi connectivity index (χ4v) is 4.03. The van der Waals surface area contributed by atoms with Gasteiger partial charge in [0.25, 0.3) is 5.91 Å². The maximum absolute atomic E-state index is 12.9. The number of carbonyl (C=O) groups excluding carboxylic acids is 2. The van der Waals surface area contributed by atoms with Crippen LogP contribution < -0.4 is 9.64 Å². The third-order valence-corrected chi connectivity index (χ3v) is 5.38. The second kappa shape index (κ2) is 7.43.